The summed E-state index contributed by atoms with van der Waals surface area (Å²) in [6.45, 7) is 15.0. The maximum atomic E-state index is 14.0. The minimum atomic E-state index is -0.286. The minimum Gasteiger partial charge on any atom is -0.251 e. The van der Waals surface area contributed by atoms with Crippen LogP contribution in [0.15, 0.2) is 105 Å². The summed E-state index contributed by atoms with van der Waals surface area (Å²) in [7, 11) is 0. The Balaban J connectivity index is 1.38. The summed E-state index contributed by atoms with van der Waals surface area (Å²) in [5.41, 5.74) is 11.5. The van der Waals surface area contributed by atoms with Crippen LogP contribution >= 0.6 is 0 Å². The van der Waals surface area contributed by atoms with E-state index in [0.717, 1.165) is 45.3 Å². The van der Waals surface area contributed by atoms with Gasteiger partial charge >= 0.3 is 0 Å². The van der Waals surface area contributed by atoms with Gasteiger partial charge in [-0.15, -0.1) is 0 Å². The van der Waals surface area contributed by atoms with Crippen molar-refractivity contribution in [2.75, 3.05) is 0 Å². The molecule has 2 aromatic heterocycles. The molecule has 242 valence electrons. The molecular weight excluding hydrogens is 602 g/mol. The molecule has 0 atom stereocenters. The van der Waals surface area contributed by atoms with Gasteiger partial charge in [0.25, 0.3) is 0 Å². The molecule has 2 heterocycles. The van der Waals surface area contributed by atoms with Gasteiger partial charge in [0, 0.05) is 11.1 Å². The number of pyridine rings is 2. The zero-order chi connectivity index (χ0) is 34.5. The maximum Gasteiger partial charge on any atom is 0.128 e. The molecule has 0 aliphatic rings. The number of benzene rings is 3. The van der Waals surface area contributed by atoms with E-state index in [0.29, 0.717) is 45.3 Å². The molecule has 0 unspecified atom stereocenters. The van der Waals surface area contributed by atoms with Crippen molar-refractivity contribution in [2.45, 2.75) is 55.4 Å². The van der Waals surface area contributed by atoms with E-state index >= 15 is 0 Å². The number of rotatable bonds is 8. The molecule has 0 spiro atoms. The smallest absolute Gasteiger partial charge is 0.128 e. The predicted octanol–water partition coefficient (Wildman–Crippen LogP) is 10.6. The molecule has 0 fully saturated rings. The quantitative estimate of drug-likeness (QED) is 0.158. The van der Waals surface area contributed by atoms with E-state index in [9.17, 15) is 8.78 Å². The summed E-state index contributed by atoms with van der Waals surface area (Å²) in [4.78, 5) is 28.7. The number of aromatic nitrogens is 2. The van der Waals surface area contributed by atoms with Gasteiger partial charge in [-0.2, -0.15) is 0 Å². The molecule has 0 N–H and O–H groups in total. The van der Waals surface area contributed by atoms with E-state index in [1.54, 1.807) is 38.1 Å². The Morgan fingerprint density at radius 2 is 0.729 bits per heavy atom. The van der Waals surface area contributed by atoms with Crippen molar-refractivity contribution in [3.05, 3.63) is 142 Å². The highest BCUT2D eigenvalue weighted by Gasteiger charge is 2.11. The highest BCUT2D eigenvalue weighted by molar-refractivity contribution is 6.03. The lowest BCUT2D eigenvalue weighted by molar-refractivity contribution is 0.618. The first kappa shape index (κ1) is 33.9. The average molecular weight is 641 g/mol. The molecule has 48 heavy (non-hydrogen) atoms. The maximum absolute atomic E-state index is 14.0. The van der Waals surface area contributed by atoms with Crippen LogP contribution in [-0.4, -0.2) is 32.8 Å². The van der Waals surface area contributed by atoms with Crippen LogP contribution in [0, 0.1) is 39.3 Å². The monoisotopic (exact) mass is 640 g/mol. The summed E-state index contributed by atoms with van der Waals surface area (Å²) < 4.78 is 28.1. The van der Waals surface area contributed by atoms with Crippen molar-refractivity contribution >= 4 is 45.6 Å². The fraction of sp³-hybridized carbons (Fsp3) is 0.200. The molecule has 0 saturated carbocycles. The van der Waals surface area contributed by atoms with Gasteiger partial charge in [-0.3, -0.25) is 20.0 Å². The lowest BCUT2D eigenvalue weighted by Crippen LogP contribution is -2.05. The lowest BCUT2D eigenvalue weighted by Gasteiger charge is -2.10. The molecule has 5 aromatic rings. The van der Waals surface area contributed by atoms with Gasteiger partial charge in [0.15, 0.2) is 0 Å². The Morgan fingerprint density at radius 1 is 0.438 bits per heavy atom. The highest BCUT2D eigenvalue weighted by Crippen LogP contribution is 2.30. The zero-order valence-corrected chi connectivity index (χ0v) is 28.5. The van der Waals surface area contributed by atoms with E-state index in [4.69, 9.17) is 20.0 Å². The van der Waals surface area contributed by atoms with Crippen LogP contribution in [0.4, 0.5) is 31.5 Å². The zero-order valence-electron chi connectivity index (χ0n) is 28.5. The van der Waals surface area contributed by atoms with Gasteiger partial charge in [-0.05, 0) is 127 Å². The largest absolute Gasteiger partial charge is 0.251 e. The first-order valence-electron chi connectivity index (χ1n) is 15.7. The molecule has 3 aromatic carbocycles. The number of hydrogen-bond donors (Lipinski definition) is 0. The standard InChI is InChI=1S/C40H38F2N6/c1-23-21-40(46-30(8)38-20-12-18-36(48-38)28(6)44-34-16-10-14-32(42)26(34)4)24(2)22-39(23)45-29(7)37-19-11-17-35(47-37)27(5)43-33-15-9-13-31(41)25(33)3/h9-22H,1-8H3/b43-27+,44-28+,45-29+,46-30+. The molecule has 0 amide bonds. The van der Waals surface area contributed by atoms with Crippen LogP contribution in [-0.2, 0) is 0 Å². The van der Waals surface area contributed by atoms with Gasteiger partial charge in [-0.25, -0.2) is 18.7 Å². The first-order chi connectivity index (χ1) is 22.9. The third-order valence-corrected chi connectivity index (χ3v) is 8.13. The predicted molar refractivity (Wildman–Crippen MR) is 194 cm³/mol. The Labute approximate surface area is 280 Å². The van der Waals surface area contributed by atoms with E-state index in [1.165, 1.54) is 12.1 Å². The number of hydrogen-bond acceptors (Lipinski definition) is 6. The van der Waals surface area contributed by atoms with Crippen molar-refractivity contribution in [2.24, 2.45) is 20.0 Å². The second kappa shape index (κ2) is 14.5. The summed E-state index contributed by atoms with van der Waals surface area (Å²) in [6.07, 6.45) is 0. The molecule has 0 bridgehead atoms. The van der Waals surface area contributed by atoms with Crippen LogP contribution < -0.4 is 0 Å². The van der Waals surface area contributed by atoms with Crippen molar-refractivity contribution < 1.29 is 8.78 Å². The number of nitrogens with zero attached hydrogens (tertiary/aromatic N) is 6. The second-order valence-corrected chi connectivity index (χ2v) is 11.8. The van der Waals surface area contributed by atoms with Crippen LogP contribution in [0.2, 0.25) is 0 Å². The molecule has 0 saturated heterocycles. The molecule has 0 radical (unpaired) electrons. The van der Waals surface area contributed by atoms with E-state index < -0.39 is 0 Å². The Kier molecular flexibility index (Phi) is 10.2. The second-order valence-electron chi connectivity index (χ2n) is 11.8. The fourth-order valence-electron chi connectivity index (χ4n) is 5.09. The Morgan fingerprint density at radius 3 is 1.06 bits per heavy atom. The molecular formula is C40H38F2N6. The topological polar surface area (TPSA) is 75.2 Å². The van der Waals surface area contributed by atoms with E-state index in [1.807, 2.05) is 90.1 Å². The van der Waals surface area contributed by atoms with E-state index in [2.05, 4.69) is 9.98 Å². The molecule has 8 heteroatoms. The molecule has 5 rings (SSSR count). The fourth-order valence-corrected chi connectivity index (χ4v) is 5.09. The minimum absolute atomic E-state index is 0.286. The van der Waals surface area contributed by atoms with E-state index in [-0.39, 0.29) is 11.6 Å². The summed E-state index contributed by atoms with van der Waals surface area (Å²) >= 11 is 0. The Bertz CT molecular complexity index is 1990. The summed E-state index contributed by atoms with van der Waals surface area (Å²) in [5, 5.41) is 0. The molecule has 6 nitrogen and oxygen atoms in total. The third-order valence-electron chi connectivity index (χ3n) is 8.13. The Hall–Kier alpha value is -5.50. The third kappa shape index (κ3) is 7.72. The number of aryl methyl sites for hydroxylation is 2. The lowest BCUT2D eigenvalue weighted by atomic mass is 10.1. The van der Waals surface area contributed by atoms with Crippen molar-refractivity contribution in [1.82, 2.24) is 9.97 Å². The van der Waals surface area contributed by atoms with Crippen LogP contribution in [0.25, 0.3) is 0 Å². The van der Waals surface area contributed by atoms with Gasteiger partial charge < -0.3 is 0 Å². The van der Waals surface area contributed by atoms with Gasteiger partial charge in [0.2, 0.25) is 0 Å². The van der Waals surface area contributed by atoms with Gasteiger partial charge in [-0.1, -0.05) is 24.3 Å². The van der Waals surface area contributed by atoms with Crippen molar-refractivity contribution in [3.63, 3.8) is 0 Å². The van der Waals surface area contributed by atoms with Crippen LogP contribution in [0.3, 0.4) is 0 Å². The first-order valence-corrected chi connectivity index (χ1v) is 15.7. The van der Waals surface area contributed by atoms with Crippen LogP contribution in [0.1, 0.15) is 72.7 Å². The van der Waals surface area contributed by atoms with Crippen molar-refractivity contribution in [1.29, 1.82) is 0 Å². The van der Waals surface area contributed by atoms with Gasteiger partial charge in [0.1, 0.15) is 11.6 Å². The normalized spacial score (nSPS) is 12.9. The summed E-state index contributed by atoms with van der Waals surface area (Å²) in [5.74, 6) is -0.571. The number of halogens is 2. The molecule has 0 aliphatic heterocycles. The molecule has 0 aliphatic carbocycles. The SMILES string of the molecule is C/C(=N\c1cc(C)c(/N=C(\C)c2cccc(/C(C)=N/c3cccc(F)c3C)n2)cc1C)c1cccc(/C(C)=N/c2cccc(F)c2C)n1. The average Bonchev–Trinajstić information content (AvgIpc) is 3.07. The van der Waals surface area contributed by atoms with Gasteiger partial charge in [0.05, 0.1) is 68.4 Å². The number of aliphatic imine (C=N–C) groups is 4. The van der Waals surface area contributed by atoms with Crippen molar-refractivity contribution in [3.8, 4) is 0 Å². The summed E-state index contributed by atoms with van der Waals surface area (Å²) in [6, 6.07) is 25.3. The van der Waals surface area contributed by atoms with Crippen LogP contribution in [0.5, 0.6) is 0 Å². The highest BCUT2D eigenvalue weighted by atomic mass is 19.1.